The largest absolute Gasteiger partial charge is 0.456 e. The minimum atomic E-state index is -0.136. The van der Waals surface area contributed by atoms with Gasteiger partial charge in [-0.15, -0.1) is 0 Å². The predicted molar refractivity (Wildman–Crippen MR) is 86.8 cm³/mol. The van der Waals surface area contributed by atoms with Crippen molar-refractivity contribution in [2.24, 2.45) is 0 Å². The number of hydrogen-bond acceptors (Lipinski definition) is 2. The molecule has 3 rings (SSSR count). The Kier molecular flexibility index (Phi) is 4.05. The number of aryl methyl sites for hydroxylation is 1. The summed E-state index contributed by atoms with van der Waals surface area (Å²) in [6.07, 6.45) is 0. The number of rotatable bonds is 4. The normalized spacial score (nSPS) is 10.4. The summed E-state index contributed by atoms with van der Waals surface area (Å²) in [4.78, 5) is 14.5. The minimum absolute atomic E-state index is 0.136. The molecule has 22 heavy (non-hydrogen) atoms. The average Bonchev–Trinajstić information content (AvgIpc) is 3.00. The molecule has 0 atom stereocenters. The highest BCUT2D eigenvalue weighted by molar-refractivity contribution is 6.04. The van der Waals surface area contributed by atoms with Gasteiger partial charge < -0.3 is 9.32 Å². The van der Waals surface area contributed by atoms with Crippen LogP contribution in [0.5, 0.6) is 0 Å². The molecule has 1 aromatic heterocycles. The molecule has 0 aliphatic carbocycles. The first-order chi connectivity index (χ1) is 10.7. The van der Waals surface area contributed by atoms with Crippen LogP contribution in [0.1, 0.15) is 21.9 Å². The number of carbonyl (C=O) groups is 1. The molecular weight excluding hydrogens is 274 g/mol. The highest BCUT2D eigenvalue weighted by Crippen LogP contribution is 2.20. The zero-order valence-corrected chi connectivity index (χ0v) is 12.4. The summed E-state index contributed by atoms with van der Waals surface area (Å²) >= 11 is 0. The molecule has 0 radical (unpaired) electrons. The van der Waals surface area contributed by atoms with Gasteiger partial charge in [-0.2, -0.15) is 0 Å². The fourth-order valence-corrected chi connectivity index (χ4v) is 2.34. The molecule has 0 N–H and O–H groups in total. The van der Waals surface area contributed by atoms with E-state index in [-0.39, 0.29) is 5.91 Å². The van der Waals surface area contributed by atoms with Crippen molar-refractivity contribution in [3.8, 4) is 0 Å². The summed E-state index contributed by atoms with van der Waals surface area (Å²) in [5, 5.41) is 0. The van der Waals surface area contributed by atoms with Crippen molar-refractivity contribution >= 4 is 11.6 Å². The van der Waals surface area contributed by atoms with E-state index in [1.54, 1.807) is 17.0 Å². The number of furan rings is 1. The average molecular weight is 291 g/mol. The van der Waals surface area contributed by atoms with Crippen LogP contribution in [0.25, 0.3) is 0 Å². The molecule has 1 amide bonds. The zero-order valence-electron chi connectivity index (χ0n) is 12.4. The smallest absolute Gasteiger partial charge is 0.294 e. The zero-order chi connectivity index (χ0) is 15.4. The van der Waals surface area contributed by atoms with Crippen LogP contribution in [0.4, 0.5) is 5.69 Å². The van der Waals surface area contributed by atoms with Crippen molar-refractivity contribution < 1.29 is 9.21 Å². The maximum absolute atomic E-state index is 12.8. The molecular formula is C19H17NO2. The lowest BCUT2D eigenvalue weighted by atomic mass is 10.2. The summed E-state index contributed by atoms with van der Waals surface area (Å²) in [6.45, 7) is 2.34. The molecule has 0 saturated heterocycles. The summed E-state index contributed by atoms with van der Waals surface area (Å²) in [5.74, 6) is 0.955. The fraction of sp³-hybridized carbons (Fsp3) is 0.105. The van der Waals surface area contributed by atoms with E-state index < -0.39 is 0 Å². The highest BCUT2D eigenvalue weighted by Gasteiger charge is 2.20. The number of amides is 1. The monoisotopic (exact) mass is 291 g/mol. The maximum Gasteiger partial charge on any atom is 0.294 e. The number of benzene rings is 2. The van der Waals surface area contributed by atoms with Crippen LogP contribution in [-0.2, 0) is 6.54 Å². The van der Waals surface area contributed by atoms with Gasteiger partial charge in [0, 0.05) is 5.69 Å². The van der Waals surface area contributed by atoms with E-state index in [0.29, 0.717) is 12.3 Å². The molecule has 3 aromatic rings. The van der Waals surface area contributed by atoms with E-state index in [1.165, 1.54) is 0 Å². The lowest BCUT2D eigenvalue weighted by molar-refractivity contribution is 0.0957. The third kappa shape index (κ3) is 3.09. The quantitative estimate of drug-likeness (QED) is 0.712. The van der Waals surface area contributed by atoms with Gasteiger partial charge in [0.1, 0.15) is 5.76 Å². The molecule has 0 unspecified atom stereocenters. The van der Waals surface area contributed by atoms with E-state index in [9.17, 15) is 4.79 Å². The van der Waals surface area contributed by atoms with Gasteiger partial charge in [-0.3, -0.25) is 4.79 Å². The Morgan fingerprint density at radius 2 is 1.55 bits per heavy atom. The molecule has 110 valence electrons. The van der Waals surface area contributed by atoms with Crippen LogP contribution < -0.4 is 4.90 Å². The lowest BCUT2D eigenvalue weighted by Gasteiger charge is -2.22. The summed E-state index contributed by atoms with van der Waals surface area (Å²) in [7, 11) is 0. The van der Waals surface area contributed by atoms with Gasteiger partial charge in [-0.05, 0) is 36.8 Å². The number of para-hydroxylation sites is 1. The van der Waals surface area contributed by atoms with Gasteiger partial charge in [-0.1, -0.05) is 48.5 Å². The number of hydrogen-bond donors (Lipinski definition) is 0. The third-order valence-electron chi connectivity index (χ3n) is 3.45. The Labute approximate surface area is 129 Å². The van der Waals surface area contributed by atoms with Crippen LogP contribution in [0.3, 0.4) is 0 Å². The van der Waals surface area contributed by atoms with E-state index in [4.69, 9.17) is 4.42 Å². The van der Waals surface area contributed by atoms with Crippen molar-refractivity contribution in [3.05, 3.63) is 89.9 Å². The first kappa shape index (κ1) is 14.1. The molecule has 0 spiro atoms. The fourth-order valence-electron chi connectivity index (χ4n) is 2.34. The highest BCUT2D eigenvalue weighted by atomic mass is 16.3. The van der Waals surface area contributed by atoms with Crippen molar-refractivity contribution in [1.82, 2.24) is 0 Å². The van der Waals surface area contributed by atoms with E-state index in [1.807, 2.05) is 67.6 Å². The number of carbonyl (C=O) groups excluding carboxylic acids is 1. The van der Waals surface area contributed by atoms with E-state index in [2.05, 4.69) is 0 Å². The first-order valence-electron chi connectivity index (χ1n) is 7.21. The van der Waals surface area contributed by atoms with Crippen LogP contribution in [0.2, 0.25) is 0 Å². The van der Waals surface area contributed by atoms with E-state index >= 15 is 0 Å². The summed E-state index contributed by atoms with van der Waals surface area (Å²) in [5.41, 5.74) is 1.92. The molecule has 0 fully saturated rings. The van der Waals surface area contributed by atoms with Gasteiger partial charge in [-0.25, -0.2) is 0 Å². The second-order valence-corrected chi connectivity index (χ2v) is 5.12. The van der Waals surface area contributed by atoms with Crippen LogP contribution in [0, 0.1) is 6.92 Å². The van der Waals surface area contributed by atoms with E-state index in [0.717, 1.165) is 17.0 Å². The van der Waals surface area contributed by atoms with Gasteiger partial charge in [0.2, 0.25) is 0 Å². The summed E-state index contributed by atoms with van der Waals surface area (Å²) < 4.78 is 5.49. The SMILES string of the molecule is Cc1ccc(C(=O)N(Cc2ccccc2)c2ccccc2)o1. The lowest BCUT2D eigenvalue weighted by Crippen LogP contribution is -2.30. The Bertz CT molecular complexity index is 747. The van der Waals surface area contributed by atoms with Crippen LogP contribution in [-0.4, -0.2) is 5.91 Å². The molecule has 3 heteroatoms. The van der Waals surface area contributed by atoms with Gasteiger partial charge in [0.05, 0.1) is 6.54 Å². The van der Waals surface area contributed by atoms with Gasteiger partial charge in [0.25, 0.3) is 5.91 Å². The Hall–Kier alpha value is -2.81. The molecule has 2 aromatic carbocycles. The maximum atomic E-state index is 12.8. The topological polar surface area (TPSA) is 33.5 Å². The molecule has 1 heterocycles. The van der Waals surface area contributed by atoms with Crippen molar-refractivity contribution in [3.63, 3.8) is 0 Å². The van der Waals surface area contributed by atoms with Gasteiger partial charge in [0.15, 0.2) is 5.76 Å². The van der Waals surface area contributed by atoms with Crippen LogP contribution in [0.15, 0.2) is 77.2 Å². The second kappa shape index (κ2) is 6.31. The standard InChI is InChI=1S/C19H17NO2/c1-15-12-13-18(22-15)19(21)20(17-10-6-3-7-11-17)14-16-8-4-2-5-9-16/h2-13H,14H2,1H3. The summed E-state index contributed by atoms with van der Waals surface area (Å²) in [6, 6.07) is 23.1. The molecule has 0 aliphatic heterocycles. The number of anilines is 1. The molecule has 0 aliphatic rings. The Balaban J connectivity index is 1.94. The Morgan fingerprint density at radius 1 is 0.909 bits per heavy atom. The van der Waals surface area contributed by atoms with Crippen molar-refractivity contribution in [1.29, 1.82) is 0 Å². The first-order valence-corrected chi connectivity index (χ1v) is 7.21. The number of nitrogens with zero attached hydrogens (tertiary/aromatic N) is 1. The molecule has 0 bridgehead atoms. The van der Waals surface area contributed by atoms with Crippen LogP contribution >= 0.6 is 0 Å². The minimum Gasteiger partial charge on any atom is -0.456 e. The Morgan fingerprint density at radius 3 is 2.14 bits per heavy atom. The van der Waals surface area contributed by atoms with Gasteiger partial charge >= 0.3 is 0 Å². The second-order valence-electron chi connectivity index (χ2n) is 5.12. The third-order valence-corrected chi connectivity index (χ3v) is 3.45. The predicted octanol–water partition coefficient (Wildman–Crippen LogP) is 4.44. The molecule has 0 saturated carbocycles. The van der Waals surface area contributed by atoms with Crippen molar-refractivity contribution in [2.75, 3.05) is 4.90 Å². The molecule has 3 nitrogen and oxygen atoms in total. The van der Waals surface area contributed by atoms with Crippen molar-refractivity contribution in [2.45, 2.75) is 13.5 Å².